The number of ketones is 1. The molecule has 0 saturated carbocycles. The lowest BCUT2D eigenvalue weighted by atomic mass is 9.66. The summed E-state index contributed by atoms with van der Waals surface area (Å²) >= 11 is 0. The second kappa shape index (κ2) is 3.19. The van der Waals surface area contributed by atoms with Gasteiger partial charge in [-0.1, -0.05) is 26.0 Å². The van der Waals surface area contributed by atoms with E-state index >= 15 is 0 Å². The molecule has 0 N–H and O–H groups in total. The van der Waals surface area contributed by atoms with Crippen molar-refractivity contribution >= 4 is 12.1 Å². The quantitative estimate of drug-likeness (QED) is 0.390. The summed E-state index contributed by atoms with van der Waals surface area (Å²) in [6.07, 6.45) is 4.72. The van der Waals surface area contributed by atoms with Gasteiger partial charge in [-0.05, 0) is 18.9 Å². The first-order valence-corrected chi connectivity index (χ1v) is 4.73. The molecule has 0 aliphatic heterocycles. The minimum atomic E-state index is -0.918. The van der Waals surface area contributed by atoms with E-state index in [1.165, 1.54) is 0 Å². The van der Waals surface area contributed by atoms with E-state index in [9.17, 15) is 9.59 Å². The highest BCUT2D eigenvalue weighted by molar-refractivity contribution is 6.11. The van der Waals surface area contributed by atoms with Crippen LogP contribution in [-0.4, -0.2) is 12.1 Å². The Bertz CT molecular complexity index is 323. The Morgan fingerprint density at radius 2 is 2.07 bits per heavy atom. The van der Waals surface area contributed by atoms with Gasteiger partial charge in [-0.25, -0.2) is 0 Å². The van der Waals surface area contributed by atoms with E-state index in [1.54, 1.807) is 13.0 Å². The molecule has 0 aromatic carbocycles. The zero-order valence-electron chi connectivity index (χ0n) is 8.96. The number of hydrogen-bond donors (Lipinski definition) is 0. The Morgan fingerprint density at radius 3 is 2.36 bits per heavy atom. The normalized spacial score (nSPS) is 29.9. The second-order valence-corrected chi connectivity index (χ2v) is 4.46. The van der Waals surface area contributed by atoms with E-state index < -0.39 is 10.8 Å². The van der Waals surface area contributed by atoms with Gasteiger partial charge in [-0.2, -0.15) is 0 Å². The molecule has 1 atom stereocenters. The van der Waals surface area contributed by atoms with Gasteiger partial charge in [0.05, 0.1) is 0 Å². The number of allylic oxidation sites excluding steroid dienone is 3. The monoisotopic (exact) mass is 192 g/mol. The summed E-state index contributed by atoms with van der Waals surface area (Å²) < 4.78 is 0. The van der Waals surface area contributed by atoms with Gasteiger partial charge in [-0.15, -0.1) is 6.58 Å². The summed E-state index contributed by atoms with van der Waals surface area (Å²) in [7, 11) is 0. The van der Waals surface area contributed by atoms with Gasteiger partial charge >= 0.3 is 0 Å². The zero-order valence-corrected chi connectivity index (χ0v) is 8.96. The van der Waals surface area contributed by atoms with Crippen molar-refractivity contribution in [2.24, 2.45) is 10.8 Å². The third-order valence-electron chi connectivity index (χ3n) is 3.16. The van der Waals surface area contributed by atoms with Gasteiger partial charge in [0.25, 0.3) is 0 Å². The van der Waals surface area contributed by atoms with E-state index in [0.717, 1.165) is 6.29 Å². The Hall–Kier alpha value is -1.18. The molecule has 14 heavy (non-hydrogen) atoms. The second-order valence-electron chi connectivity index (χ2n) is 4.46. The first-order chi connectivity index (χ1) is 6.41. The van der Waals surface area contributed by atoms with E-state index in [2.05, 4.69) is 6.58 Å². The van der Waals surface area contributed by atoms with Crippen molar-refractivity contribution in [3.63, 3.8) is 0 Å². The largest absolute Gasteiger partial charge is 0.302 e. The molecule has 0 fully saturated rings. The fourth-order valence-electron chi connectivity index (χ4n) is 2.22. The molecule has 0 bridgehead atoms. The molecule has 0 aromatic rings. The molecular weight excluding hydrogens is 176 g/mol. The first-order valence-electron chi connectivity index (χ1n) is 4.73. The van der Waals surface area contributed by atoms with Crippen LogP contribution >= 0.6 is 0 Å². The van der Waals surface area contributed by atoms with Crippen LogP contribution in [0.4, 0.5) is 0 Å². The van der Waals surface area contributed by atoms with Gasteiger partial charge in [0, 0.05) is 5.41 Å². The summed E-state index contributed by atoms with van der Waals surface area (Å²) in [6, 6.07) is 0. The van der Waals surface area contributed by atoms with Crippen molar-refractivity contribution in [3.05, 3.63) is 24.3 Å². The number of carbonyl (C=O) groups is 2. The maximum atomic E-state index is 11.9. The molecular formula is C12H16O2. The van der Waals surface area contributed by atoms with Crippen molar-refractivity contribution < 1.29 is 9.59 Å². The van der Waals surface area contributed by atoms with Crippen LogP contribution in [0.5, 0.6) is 0 Å². The zero-order chi connectivity index (χ0) is 11.0. The third kappa shape index (κ3) is 1.17. The van der Waals surface area contributed by atoms with Crippen LogP contribution in [-0.2, 0) is 9.59 Å². The number of carbonyl (C=O) groups excluding carboxylic acids is 2. The summed E-state index contributed by atoms with van der Waals surface area (Å²) in [4.78, 5) is 23.1. The highest BCUT2D eigenvalue weighted by Crippen LogP contribution is 2.49. The van der Waals surface area contributed by atoms with Crippen molar-refractivity contribution in [1.82, 2.24) is 0 Å². The molecule has 2 nitrogen and oxygen atoms in total. The molecule has 0 amide bonds. The first kappa shape index (κ1) is 10.9. The van der Waals surface area contributed by atoms with Crippen LogP contribution in [0.2, 0.25) is 0 Å². The van der Waals surface area contributed by atoms with Crippen molar-refractivity contribution in [1.29, 1.82) is 0 Å². The SMILES string of the molecule is C=CCC1(C=O)C(=O)C(C)=CC1(C)C. The number of rotatable bonds is 3. The summed E-state index contributed by atoms with van der Waals surface area (Å²) in [5.74, 6) is -0.0580. The molecule has 1 aliphatic carbocycles. The van der Waals surface area contributed by atoms with E-state index in [-0.39, 0.29) is 5.78 Å². The summed E-state index contributed by atoms with van der Waals surface area (Å²) in [5, 5.41) is 0. The van der Waals surface area contributed by atoms with Crippen LogP contribution in [0.3, 0.4) is 0 Å². The predicted octanol–water partition coefficient (Wildman–Crippen LogP) is 2.30. The van der Waals surface area contributed by atoms with E-state index in [1.807, 2.05) is 19.9 Å². The van der Waals surface area contributed by atoms with Gasteiger partial charge < -0.3 is 4.79 Å². The van der Waals surface area contributed by atoms with Crippen molar-refractivity contribution in [3.8, 4) is 0 Å². The van der Waals surface area contributed by atoms with Crippen LogP contribution in [0.1, 0.15) is 27.2 Å². The highest BCUT2D eigenvalue weighted by Gasteiger charge is 2.53. The average Bonchev–Trinajstić information content (AvgIpc) is 2.26. The van der Waals surface area contributed by atoms with Crippen molar-refractivity contribution in [2.75, 3.05) is 0 Å². The minimum absolute atomic E-state index is 0.0580. The molecule has 0 saturated heterocycles. The minimum Gasteiger partial charge on any atom is -0.302 e. The molecule has 0 aromatic heterocycles. The van der Waals surface area contributed by atoms with Crippen LogP contribution in [0, 0.1) is 10.8 Å². The van der Waals surface area contributed by atoms with Crippen molar-refractivity contribution in [2.45, 2.75) is 27.2 Å². The van der Waals surface area contributed by atoms with Gasteiger partial charge in [0.2, 0.25) is 0 Å². The molecule has 0 spiro atoms. The lowest BCUT2D eigenvalue weighted by Crippen LogP contribution is -2.40. The lowest BCUT2D eigenvalue weighted by Gasteiger charge is -2.33. The Kier molecular flexibility index (Phi) is 2.49. The lowest BCUT2D eigenvalue weighted by molar-refractivity contribution is -0.135. The standard InChI is InChI=1S/C12H16O2/c1-5-6-12(8-13)10(14)9(2)7-11(12,3)4/h5,7-8H,1,6H2,2-4H3. The van der Waals surface area contributed by atoms with E-state index in [0.29, 0.717) is 12.0 Å². The average molecular weight is 192 g/mol. The van der Waals surface area contributed by atoms with Gasteiger partial charge in [0.15, 0.2) is 5.78 Å². The predicted molar refractivity (Wildman–Crippen MR) is 55.9 cm³/mol. The molecule has 1 rings (SSSR count). The smallest absolute Gasteiger partial charge is 0.172 e. The van der Waals surface area contributed by atoms with Gasteiger partial charge in [-0.3, -0.25) is 4.79 Å². The third-order valence-corrected chi connectivity index (χ3v) is 3.16. The topological polar surface area (TPSA) is 34.1 Å². The number of hydrogen-bond acceptors (Lipinski definition) is 2. The number of Topliss-reactive ketones (excluding diaryl/α,β-unsaturated/α-hetero) is 1. The van der Waals surface area contributed by atoms with Gasteiger partial charge in [0.1, 0.15) is 11.7 Å². The Morgan fingerprint density at radius 1 is 1.50 bits per heavy atom. The van der Waals surface area contributed by atoms with Crippen LogP contribution in [0.25, 0.3) is 0 Å². The Labute approximate surface area is 84.7 Å². The summed E-state index contributed by atoms with van der Waals surface area (Å²) in [6.45, 7) is 9.20. The van der Waals surface area contributed by atoms with Crippen LogP contribution in [0.15, 0.2) is 24.3 Å². The molecule has 1 aliphatic rings. The molecule has 0 radical (unpaired) electrons. The maximum absolute atomic E-state index is 11.9. The molecule has 0 heterocycles. The Balaban J connectivity index is 3.27. The number of aldehydes is 1. The fourth-order valence-corrected chi connectivity index (χ4v) is 2.22. The molecule has 1 unspecified atom stereocenters. The van der Waals surface area contributed by atoms with Crippen LogP contribution < -0.4 is 0 Å². The highest BCUT2D eigenvalue weighted by atomic mass is 16.1. The van der Waals surface area contributed by atoms with E-state index in [4.69, 9.17) is 0 Å². The molecule has 2 heteroatoms. The maximum Gasteiger partial charge on any atom is 0.172 e. The molecule has 76 valence electrons. The summed E-state index contributed by atoms with van der Waals surface area (Å²) in [5.41, 5.74) is -0.632. The fraction of sp³-hybridized carbons (Fsp3) is 0.500.